The molecule has 4 aromatic carbocycles. The third-order valence-corrected chi connectivity index (χ3v) is 10.5. The fraction of sp³-hybridized carbons (Fsp3) is 0.200. The summed E-state index contributed by atoms with van der Waals surface area (Å²) in [5, 5.41) is 7.93. The Labute approximate surface area is 293 Å². The Bertz CT molecular complexity index is 2160. The van der Waals surface area contributed by atoms with Crippen LogP contribution in [-0.2, 0) is 26.2 Å². The van der Waals surface area contributed by atoms with Gasteiger partial charge in [-0.1, -0.05) is 0 Å². The van der Waals surface area contributed by atoms with Gasteiger partial charge in [-0.25, -0.2) is 0 Å². The monoisotopic (exact) mass is 762 g/mol. The van der Waals surface area contributed by atoms with Crippen LogP contribution in [0.25, 0.3) is 10.8 Å². The van der Waals surface area contributed by atoms with Gasteiger partial charge in [0.25, 0.3) is 0 Å². The van der Waals surface area contributed by atoms with Gasteiger partial charge in [-0.15, -0.1) is 0 Å². The molecule has 1 aromatic heterocycles. The molecule has 49 heavy (non-hydrogen) atoms. The molecule has 253 valence electrons. The fourth-order valence-corrected chi connectivity index (χ4v) is 7.95. The normalized spacial score (nSPS) is 12.2. The molecule has 14 heteroatoms. The van der Waals surface area contributed by atoms with Crippen molar-refractivity contribution >= 4 is 76.5 Å². The molecule has 4 N–H and O–H groups in total. The second-order valence-electron chi connectivity index (χ2n) is 12.2. The Hall–Kier alpha value is -4.47. The van der Waals surface area contributed by atoms with Crippen LogP contribution in [0.4, 0.5) is 27.7 Å². The number of aromatic nitrogens is 1. The van der Waals surface area contributed by atoms with E-state index in [4.69, 9.17) is 9.47 Å². The summed E-state index contributed by atoms with van der Waals surface area (Å²) >= 11 is -0.981. The number of pyridine rings is 1. The molecular formula is C35H36AsN4O7PS+. The number of hydrogen-bond donors (Lipinski definition) is 4. The number of methoxy groups -OCH3 is 1. The molecule has 0 bridgehead atoms. The maximum atomic E-state index is 13.4. The summed E-state index contributed by atoms with van der Waals surface area (Å²) in [7, 11) is -4.34. The number of rotatable bonds is 12. The van der Waals surface area contributed by atoms with Gasteiger partial charge in [0.1, 0.15) is 0 Å². The van der Waals surface area contributed by atoms with Crippen LogP contribution in [0.1, 0.15) is 31.9 Å². The zero-order valence-electron chi connectivity index (χ0n) is 27.5. The van der Waals surface area contributed by atoms with E-state index in [2.05, 4.69) is 20.3 Å². The van der Waals surface area contributed by atoms with Crippen LogP contribution >= 0.6 is 8.03 Å². The number of carbonyl (C=O) groups excluding carboxylic acids is 1. The molecule has 1 amide bonds. The number of anilines is 4. The first-order chi connectivity index (χ1) is 23.2. The molecule has 11 nitrogen and oxygen atoms in total. The Morgan fingerprint density at radius 2 is 1.65 bits per heavy atom. The van der Waals surface area contributed by atoms with Crippen LogP contribution in [0, 0.1) is 0 Å². The van der Waals surface area contributed by atoms with Gasteiger partial charge in [-0.3, -0.25) is 0 Å². The third-order valence-electron chi connectivity index (χ3n) is 7.26. The third kappa shape index (κ3) is 9.80. The number of hydrogen-bond acceptors (Lipinski definition) is 8. The number of sulfonamides is 1. The van der Waals surface area contributed by atoms with E-state index in [0.717, 1.165) is 26.9 Å². The van der Waals surface area contributed by atoms with Crippen LogP contribution in [0.3, 0.4) is 0 Å². The smallest absolute Gasteiger partial charge is 0.160 e. The van der Waals surface area contributed by atoms with E-state index in [1.807, 2.05) is 63.2 Å². The van der Waals surface area contributed by atoms with Gasteiger partial charge >= 0.3 is 261 Å². The van der Waals surface area contributed by atoms with Crippen molar-refractivity contribution in [2.24, 2.45) is 0 Å². The molecule has 1 atom stereocenters. The summed E-state index contributed by atoms with van der Waals surface area (Å²) in [6, 6.07) is 25.5. The summed E-state index contributed by atoms with van der Waals surface area (Å²) in [5.74, 6) is 2.16. The van der Waals surface area contributed by atoms with E-state index >= 15 is 0 Å². The molecule has 1 radical (unpaired) electrons. The zero-order valence-corrected chi connectivity index (χ0v) is 31.1. The van der Waals surface area contributed by atoms with Crippen molar-refractivity contribution in [1.82, 2.24) is 4.98 Å². The van der Waals surface area contributed by atoms with Crippen LogP contribution in [0.2, 0.25) is 0 Å². The van der Waals surface area contributed by atoms with Crippen LogP contribution in [-0.4, -0.2) is 52.1 Å². The second kappa shape index (κ2) is 15.0. The van der Waals surface area contributed by atoms with Crippen LogP contribution < -0.4 is 29.2 Å². The van der Waals surface area contributed by atoms with Crippen molar-refractivity contribution in [2.45, 2.75) is 32.3 Å². The minimum atomic E-state index is -3.50. The van der Waals surface area contributed by atoms with Gasteiger partial charge in [-0.05, 0) is 4.57 Å². The average Bonchev–Trinajstić information content (AvgIpc) is 3.01. The van der Waals surface area contributed by atoms with Gasteiger partial charge in [0, 0.05) is 5.56 Å². The second-order valence-corrected chi connectivity index (χ2v) is 17.3. The number of ether oxygens (including phenoxy) is 2. The minimum Gasteiger partial charge on any atom is -0.160 e. The molecule has 0 spiro atoms. The Morgan fingerprint density at radius 3 is 2.35 bits per heavy atom. The van der Waals surface area contributed by atoms with Crippen molar-refractivity contribution in [3.8, 4) is 17.2 Å². The number of fused-ring (bicyclic) bond motifs is 1. The van der Waals surface area contributed by atoms with Gasteiger partial charge in [0.15, 0.2) is 0 Å². The van der Waals surface area contributed by atoms with Crippen molar-refractivity contribution in [3.05, 3.63) is 102 Å². The standard InChI is InChI=1S/C35H35AsN4O7PS/c1-35(2,3)23-16-25(18-26(17-23)40-49(5,44)45)39-34(41)36-30-12-13-31(29-9-7-6-8-28(29)30)47-27-14-15-37-33(20-27)38-24-11-10-22(21-48(42)43)32(19-24)46-4/h6-20,40H,21H2,1-5H3,(H2-,37,38,39,41,42,43)/p+1. The summed E-state index contributed by atoms with van der Waals surface area (Å²) in [4.78, 5) is 27.1. The van der Waals surface area contributed by atoms with E-state index in [-0.39, 0.29) is 16.3 Å². The first-order valence-corrected chi connectivity index (χ1v) is 20.2. The van der Waals surface area contributed by atoms with E-state index in [1.54, 1.807) is 48.7 Å². The molecule has 5 aromatic rings. The van der Waals surface area contributed by atoms with Gasteiger partial charge in [0.2, 0.25) is 6.16 Å². The van der Waals surface area contributed by atoms with Crippen molar-refractivity contribution in [2.75, 3.05) is 28.7 Å². The number of carbonyl (C=O) groups is 1. The first kappa shape index (κ1) is 35.8. The molecule has 1 heterocycles. The SMILES string of the molecule is COc1cc(Nc2cc(Oc3ccc([As]C(=O)Nc4cc(NS(C)(=O)=O)cc(C(C)(C)C)c4)c4ccccc34)ccn2)ccc1C[P+](=O)O. The predicted molar refractivity (Wildman–Crippen MR) is 196 cm³/mol. The number of nitrogens with one attached hydrogen (secondary N) is 3. The summed E-state index contributed by atoms with van der Waals surface area (Å²) in [6.07, 6.45) is 2.71. The summed E-state index contributed by atoms with van der Waals surface area (Å²) < 4.78 is 50.1. The molecule has 0 saturated heterocycles. The number of nitrogens with zero attached hydrogens (tertiary/aromatic N) is 1. The predicted octanol–water partition coefficient (Wildman–Crippen LogP) is 7.24. The quantitative estimate of drug-likeness (QED) is 0.0760. The number of amides is 1. The molecule has 0 aliphatic rings. The molecule has 0 aliphatic heterocycles. The molecule has 5 rings (SSSR count). The van der Waals surface area contributed by atoms with E-state index < -0.39 is 33.8 Å². The van der Waals surface area contributed by atoms with Crippen molar-refractivity contribution in [1.29, 1.82) is 0 Å². The van der Waals surface area contributed by atoms with Gasteiger partial charge in [-0.2, -0.15) is 4.89 Å². The summed E-state index contributed by atoms with van der Waals surface area (Å²) in [5.41, 5.74) is 2.82. The Kier molecular flexibility index (Phi) is 10.9. The topological polar surface area (TPSA) is 156 Å². The molecular weight excluding hydrogens is 726 g/mol. The van der Waals surface area contributed by atoms with Crippen molar-refractivity contribution in [3.63, 3.8) is 0 Å². The van der Waals surface area contributed by atoms with Crippen molar-refractivity contribution < 1.29 is 32.1 Å². The summed E-state index contributed by atoms with van der Waals surface area (Å²) in [6.45, 7) is 6.06. The molecule has 0 saturated carbocycles. The van der Waals surface area contributed by atoms with E-state index in [9.17, 15) is 22.7 Å². The van der Waals surface area contributed by atoms with E-state index in [1.165, 1.54) is 7.11 Å². The molecule has 0 fully saturated rings. The average molecular weight is 763 g/mol. The Balaban J connectivity index is 1.34. The Morgan fingerprint density at radius 1 is 0.918 bits per heavy atom. The molecule has 0 aliphatic carbocycles. The first-order valence-electron chi connectivity index (χ1n) is 15.1. The fourth-order valence-electron chi connectivity index (χ4n) is 5.03. The van der Waals surface area contributed by atoms with Crippen LogP contribution in [0.5, 0.6) is 17.2 Å². The van der Waals surface area contributed by atoms with Gasteiger partial charge in [0.05, 0.1) is 7.11 Å². The molecule has 1 unspecified atom stereocenters. The minimum absolute atomic E-state index is 0.00334. The van der Waals surface area contributed by atoms with E-state index in [0.29, 0.717) is 45.7 Å². The van der Waals surface area contributed by atoms with Gasteiger partial charge < -0.3 is 4.74 Å². The maximum absolute atomic E-state index is 13.4. The van der Waals surface area contributed by atoms with Crippen LogP contribution in [0.15, 0.2) is 91.1 Å². The number of benzene rings is 4. The zero-order chi connectivity index (χ0) is 35.3.